The van der Waals surface area contributed by atoms with Crippen molar-refractivity contribution in [3.63, 3.8) is 0 Å². The lowest BCUT2D eigenvalue weighted by molar-refractivity contribution is -0.941. The van der Waals surface area contributed by atoms with Crippen LogP contribution in [-0.2, 0) is 14.8 Å². The van der Waals surface area contributed by atoms with E-state index in [0.717, 1.165) is 6.54 Å². The molecule has 1 aliphatic heterocycles. The van der Waals surface area contributed by atoms with Crippen molar-refractivity contribution in [1.82, 2.24) is 9.62 Å². The number of amides is 1. The molecule has 164 valence electrons. The van der Waals surface area contributed by atoms with Crippen LogP contribution in [0, 0.1) is 0 Å². The van der Waals surface area contributed by atoms with Gasteiger partial charge in [-0.15, -0.1) is 0 Å². The first-order chi connectivity index (χ1) is 13.5. The van der Waals surface area contributed by atoms with Crippen LogP contribution in [-0.4, -0.2) is 69.1 Å². The number of ether oxygens (including phenoxy) is 1. The Morgan fingerprint density at radius 2 is 1.62 bits per heavy atom. The molecule has 29 heavy (non-hydrogen) atoms. The molecule has 0 aromatic heterocycles. The minimum absolute atomic E-state index is 0.142. The zero-order chi connectivity index (χ0) is 21.8. The van der Waals surface area contributed by atoms with Crippen LogP contribution in [0.4, 0.5) is 0 Å². The summed E-state index contributed by atoms with van der Waals surface area (Å²) in [5.41, 5.74) is 0.461. The van der Waals surface area contributed by atoms with E-state index >= 15 is 0 Å². The summed E-state index contributed by atoms with van der Waals surface area (Å²) in [4.78, 5) is 14.0. The quantitative estimate of drug-likeness (QED) is 0.648. The van der Waals surface area contributed by atoms with E-state index in [2.05, 4.69) is 33.0 Å². The maximum absolute atomic E-state index is 12.9. The van der Waals surface area contributed by atoms with Gasteiger partial charge in [0.1, 0.15) is 0 Å². The fourth-order valence-corrected chi connectivity index (χ4v) is 5.51. The number of carbonyl (C=O) groups excluding carboxylic acids is 1. The minimum Gasteiger partial charge on any atom is -0.373 e. The minimum atomic E-state index is -3.60. The van der Waals surface area contributed by atoms with Gasteiger partial charge in [0, 0.05) is 18.7 Å². The molecule has 1 aliphatic rings. The van der Waals surface area contributed by atoms with E-state index < -0.39 is 10.0 Å². The molecule has 0 bridgehead atoms. The van der Waals surface area contributed by atoms with Gasteiger partial charge in [-0.1, -0.05) is 0 Å². The Balaban J connectivity index is 1.99. The van der Waals surface area contributed by atoms with E-state index in [1.54, 1.807) is 12.1 Å². The average molecular weight is 427 g/mol. The molecule has 1 aromatic rings. The predicted octanol–water partition coefficient (Wildman–Crippen LogP) is 0.916. The molecular formula is C21H36N3O4S+. The van der Waals surface area contributed by atoms with E-state index in [-0.39, 0.29) is 23.0 Å². The molecule has 1 saturated heterocycles. The lowest BCUT2D eigenvalue weighted by Crippen LogP contribution is -3.18. The van der Waals surface area contributed by atoms with Crippen molar-refractivity contribution in [2.24, 2.45) is 0 Å². The molecule has 2 N–H and O–H groups in total. The number of hydrogen-bond donors (Lipinski definition) is 2. The molecule has 0 spiro atoms. The summed E-state index contributed by atoms with van der Waals surface area (Å²) in [6.07, 6.45) is -0.283. The number of hydrogen-bond acceptors (Lipinski definition) is 4. The second-order valence-electron chi connectivity index (χ2n) is 8.49. The molecule has 2 atom stereocenters. The maximum Gasteiger partial charge on any atom is 0.251 e. The van der Waals surface area contributed by atoms with Gasteiger partial charge in [0.25, 0.3) is 5.91 Å². The van der Waals surface area contributed by atoms with Gasteiger partial charge in [-0.2, -0.15) is 4.31 Å². The van der Waals surface area contributed by atoms with Crippen LogP contribution < -0.4 is 10.2 Å². The van der Waals surface area contributed by atoms with Crippen molar-refractivity contribution in [3.05, 3.63) is 29.8 Å². The summed E-state index contributed by atoms with van der Waals surface area (Å²) in [6, 6.07) is 7.14. The fourth-order valence-electron chi connectivity index (χ4n) is 3.92. The molecule has 0 aliphatic carbocycles. The van der Waals surface area contributed by atoms with Crippen molar-refractivity contribution in [1.29, 1.82) is 0 Å². The number of benzene rings is 1. The zero-order valence-corrected chi connectivity index (χ0v) is 19.3. The first-order valence-corrected chi connectivity index (χ1v) is 11.9. The molecule has 0 unspecified atom stereocenters. The van der Waals surface area contributed by atoms with E-state index in [1.807, 2.05) is 13.8 Å². The third kappa shape index (κ3) is 6.25. The Bertz CT molecular complexity index is 760. The highest BCUT2D eigenvalue weighted by molar-refractivity contribution is 7.89. The van der Waals surface area contributed by atoms with Gasteiger partial charge >= 0.3 is 0 Å². The van der Waals surface area contributed by atoms with Crippen molar-refractivity contribution >= 4 is 15.9 Å². The van der Waals surface area contributed by atoms with Crippen LogP contribution in [0.5, 0.6) is 0 Å². The Morgan fingerprint density at radius 3 is 2.10 bits per heavy atom. The van der Waals surface area contributed by atoms with Crippen LogP contribution in [0.1, 0.15) is 51.9 Å². The fraction of sp³-hybridized carbons (Fsp3) is 0.667. The smallest absolute Gasteiger partial charge is 0.251 e. The first-order valence-electron chi connectivity index (χ1n) is 10.4. The maximum atomic E-state index is 12.9. The Morgan fingerprint density at radius 1 is 1.10 bits per heavy atom. The van der Waals surface area contributed by atoms with Crippen LogP contribution in [0.2, 0.25) is 0 Å². The summed E-state index contributed by atoms with van der Waals surface area (Å²) in [6.45, 7) is 14.5. The average Bonchev–Trinajstić information content (AvgIpc) is 2.63. The van der Waals surface area contributed by atoms with Crippen LogP contribution in [0.15, 0.2) is 29.2 Å². The lowest BCUT2D eigenvalue weighted by Gasteiger charge is -2.34. The first kappa shape index (κ1) is 23.8. The van der Waals surface area contributed by atoms with Gasteiger partial charge in [-0.25, -0.2) is 8.42 Å². The highest BCUT2D eigenvalue weighted by atomic mass is 32.2. The van der Waals surface area contributed by atoms with Gasteiger partial charge in [-0.05, 0) is 65.8 Å². The van der Waals surface area contributed by atoms with Crippen molar-refractivity contribution in [2.45, 2.75) is 70.7 Å². The van der Waals surface area contributed by atoms with Crippen molar-refractivity contribution in [2.75, 3.05) is 26.2 Å². The molecule has 1 fully saturated rings. The number of nitrogens with zero attached hydrogens (tertiary/aromatic N) is 1. The standard InChI is InChI=1S/C21H35N3O4S/c1-15(2)24(16(3)4)12-11-22-21(25)19-7-9-20(10-8-19)29(26,27)23-13-17(5)28-18(6)14-23/h7-10,15-18H,11-14H2,1-6H3,(H,22,25)/p+1/t17-,18-/m0/s1. The number of morpholine rings is 1. The lowest BCUT2D eigenvalue weighted by atomic mass is 10.2. The van der Waals surface area contributed by atoms with E-state index in [0.29, 0.717) is 37.3 Å². The SMILES string of the molecule is CC(C)[NH+](CCNC(=O)c1ccc(S(=O)(=O)N2C[C@H](C)O[C@@H](C)C2)cc1)C(C)C. The van der Waals surface area contributed by atoms with Crippen molar-refractivity contribution in [3.8, 4) is 0 Å². The van der Waals surface area contributed by atoms with Gasteiger partial charge < -0.3 is 15.0 Å². The number of quaternary nitrogens is 1. The molecule has 1 amide bonds. The Labute approximate surface area is 175 Å². The Kier molecular flexibility index (Phi) is 8.22. The normalized spacial score (nSPS) is 21.1. The third-order valence-electron chi connectivity index (χ3n) is 5.32. The largest absolute Gasteiger partial charge is 0.373 e. The van der Waals surface area contributed by atoms with Gasteiger partial charge in [0.2, 0.25) is 10.0 Å². The Hall–Kier alpha value is -1.48. The highest BCUT2D eigenvalue weighted by Gasteiger charge is 2.32. The second-order valence-corrected chi connectivity index (χ2v) is 10.4. The second kappa shape index (κ2) is 10.0. The number of nitrogens with one attached hydrogen (secondary N) is 2. The molecule has 7 nitrogen and oxygen atoms in total. The third-order valence-corrected chi connectivity index (χ3v) is 7.17. The summed E-state index contributed by atoms with van der Waals surface area (Å²) in [5, 5.41) is 2.94. The molecule has 2 rings (SSSR count). The van der Waals surface area contributed by atoms with Gasteiger partial charge in [0.05, 0.1) is 42.3 Å². The molecule has 1 heterocycles. The topological polar surface area (TPSA) is 80.2 Å². The monoisotopic (exact) mass is 426 g/mol. The molecule has 0 saturated carbocycles. The van der Waals surface area contributed by atoms with E-state index in [9.17, 15) is 13.2 Å². The summed E-state index contributed by atoms with van der Waals surface area (Å²) in [5.74, 6) is -0.186. The highest BCUT2D eigenvalue weighted by Crippen LogP contribution is 2.21. The molecule has 1 aromatic carbocycles. The van der Waals surface area contributed by atoms with Crippen LogP contribution >= 0.6 is 0 Å². The summed E-state index contributed by atoms with van der Waals surface area (Å²) in [7, 11) is -3.60. The number of sulfonamides is 1. The number of rotatable bonds is 8. The molecular weight excluding hydrogens is 390 g/mol. The zero-order valence-electron chi connectivity index (χ0n) is 18.4. The number of carbonyl (C=O) groups is 1. The van der Waals surface area contributed by atoms with Gasteiger partial charge in [0.15, 0.2) is 0 Å². The summed E-state index contributed by atoms with van der Waals surface area (Å²) >= 11 is 0. The van der Waals surface area contributed by atoms with Crippen LogP contribution in [0.25, 0.3) is 0 Å². The predicted molar refractivity (Wildman–Crippen MR) is 114 cm³/mol. The molecule has 0 radical (unpaired) electrons. The van der Waals surface area contributed by atoms with E-state index in [1.165, 1.54) is 21.3 Å². The van der Waals surface area contributed by atoms with Gasteiger partial charge in [-0.3, -0.25) is 4.79 Å². The van der Waals surface area contributed by atoms with E-state index in [4.69, 9.17) is 4.74 Å². The summed E-state index contributed by atoms with van der Waals surface area (Å²) < 4.78 is 32.9. The van der Waals surface area contributed by atoms with Crippen molar-refractivity contribution < 1.29 is 22.8 Å². The molecule has 8 heteroatoms. The van der Waals surface area contributed by atoms with Crippen LogP contribution in [0.3, 0.4) is 0 Å².